The zero-order valence-corrected chi connectivity index (χ0v) is 14.3. The minimum absolute atomic E-state index is 0.0913. The van der Waals surface area contributed by atoms with Crippen molar-refractivity contribution in [3.8, 4) is 11.5 Å². The summed E-state index contributed by atoms with van der Waals surface area (Å²) in [4.78, 5) is 25.4. The maximum Gasteiger partial charge on any atom is 0.573 e. The van der Waals surface area contributed by atoms with Gasteiger partial charge in [-0.25, -0.2) is 4.79 Å². The molecule has 9 heteroatoms. The van der Waals surface area contributed by atoms with Crippen molar-refractivity contribution in [1.82, 2.24) is 4.90 Å². The lowest BCUT2D eigenvalue weighted by Gasteiger charge is -2.18. The van der Waals surface area contributed by atoms with Crippen LogP contribution in [0.25, 0.3) is 0 Å². The van der Waals surface area contributed by atoms with E-state index in [9.17, 15) is 22.8 Å². The third kappa shape index (κ3) is 5.02. The normalized spacial score (nSPS) is 17.0. The van der Waals surface area contributed by atoms with Gasteiger partial charge in [0.1, 0.15) is 23.4 Å². The fourth-order valence-electron chi connectivity index (χ4n) is 2.85. The topological polar surface area (TPSA) is 69.0 Å². The van der Waals surface area contributed by atoms with E-state index in [1.807, 2.05) is 0 Å². The summed E-state index contributed by atoms with van der Waals surface area (Å²) < 4.78 is 51.4. The molecule has 144 valence electrons. The van der Waals surface area contributed by atoms with Gasteiger partial charge in [0.15, 0.2) is 0 Å². The van der Waals surface area contributed by atoms with Gasteiger partial charge in [-0.3, -0.25) is 4.79 Å². The standard InChI is InChI=1S/C18H16F3NO5/c1-11-7-15(9-16(23)25-11)26-14-5-6-22(10-14)17(24)12-3-2-4-13(8-12)27-18(19,20)21/h2-4,7-9,14H,5-6,10H2,1H3. The van der Waals surface area contributed by atoms with Crippen molar-refractivity contribution in [2.45, 2.75) is 25.8 Å². The molecule has 0 saturated carbocycles. The van der Waals surface area contributed by atoms with Gasteiger partial charge in [0.25, 0.3) is 5.91 Å². The fourth-order valence-corrected chi connectivity index (χ4v) is 2.85. The lowest BCUT2D eigenvalue weighted by molar-refractivity contribution is -0.274. The molecule has 1 aromatic carbocycles. The number of likely N-dealkylation sites (tertiary alicyclic amines) is 1. The third-order valence-corrected chi connectivity index (χ3v) is 3.92. The van der Waals surface area contributed by atoms with Gasteiger partial charge in [-0.15, -0.1) is 13.2 Å². The monoisotopic (exact) mass is 383 g/mol. The van der Waals surface area contributed by atoms with Gasteiger partial charge in [-0.2, -0.15) is 0 Å². The van der Waals surface area contributed by atoms with E-state index in [0.29, 0.717) is 24.5 Å². The van der Waals surface area contributed by atoms with E-state index in [1.54, 1.807) is 13.0 Å². The first-order chi connectivity index (χ1) is 12.7. The quantitative estimate of drug-likeness (QED) is 0.811. The Morgan fingerprint density at radius 3 is 2.70 bits per heavy atom. The van der Waals surface area contributed by atoms with Crippen LogP contribution in [0.1, 0.15) is 22.5 Å². The molecule has 0 bridgehead atoms. The second-order valence-corrected chi connectivity index (χ2v) is 6.08. The Labute approximate surface area is 152 Å². The summed E-state index contributed by atoms with van der Waals surface area (Å²) in [6, 6.07) is 7.72. The molecule has 6 nitrogen and oxygen atoms in total. The van der Waals surface area contributed by atoms with Gasteiger partial charge < -0.3 is 18.8 Å². The van der Waals surface area contributed by atoms with Gasteiger partial charge in [0.05, 0.1) is 12.6 Å². The molecule has 1 aromatic heterocycles. The maximum atomic E-state index is 12.5. The average molecular weight is 383 g/mol. The molecule has 0 spiro atoms. The molecule has 2 aromatic rings. The second-order valence-electron chi connectivity index (χ2n) is 6.08. The zero-order chi connectivity index (χ0) is 19.6. The molecule has 1 fully saturated rings. The number of aryl methyl sites for hydroxylation is 1. The van der Waals surface area contributed by atoms with Crippen LogP contribution < -0.4 is 15.1 Å². The summed E-state index contributed by atoms with van der Waals surface area (Å²) in [5.74, 6) is -0.113. The van der Waals surface area contributed by atoms with E-state index in [4.69, 9.17) is 9.15 Å². The lowest BCUT2D eigenvalue weighted by Crippen LogP contribution is -2.31. The van der Waals surface area contributed by atoms with E-state index in [-0.39, 0.29) is 18.2 Å². The smallest absolute Gasteiger partial charge is 0.488 e. The fraction of sp³-hybridized carbons (Fsp3) is 0.333. The number of amides is 1. The predicted molar refractivity (Wildman–Crippen MR) is 87.8 cm³/mol. The van der Waals surface area contributed by atoms with Crippen molar-refractivity contribution in [1.29, 1.82) is 0 Å². The summed E-state index contributed by atoms with van der Waals surface area (Å²) in [5, 5.41) is 0. The van der Waals surface area contributed by atoms with Crippen LogP contribution in [0.15, 0.2) is 45.6 Å². The third-order valence-electron chi connectivity index (χ3n) is 3.92. The lowest BCUT2D eigenvalue weighted by atomic mass is 10.2. The predicted octanol–water partition coefficient (Wildman–Crippen LogP) is 3.14. The SMILES string of the molecule is Cc1cc(OC2CCN(C(=O)c3cccc(OC(F)(F)F)c3)C2)cc(=O)o1. The van der Waals surface area contributed by atoms with Gasteiger partial charge in [0.2, 0.25) is 0 Å². The summed E-state index contributed by atoms with van der Waals surface area (Å²) in [6.07, 6.45) is -4.62. The van der Waals surface area contributed by atoms with E-state index >= 15 is 0 Å². The van der Waals surface area contributed by atoms with Crippen LogP contribution in [0, 0.1) is 6.92 Å². The zero-order valence-electron chi connectivity index (χ0n) is 14.3. The highest BCUT2D eigenvalue weighted by atomic mass is 19.4. The van der Waals surface area contributed by atoms with Crippen molar-refractivity contribution in [3.63, 3.8) is 0 Å². The number of halogens is 3. The Hall–Kier alpha value is -2.97. The summed E-state index contributed by atoms with van der Waals surface area (Å²) >= 11 is 0. The molecule has 2 heterocycles. The molecule has 1 saturated heterocycles. The van der Waals surface area contributed by atoms with Crippen molar-refractivity contribution >= 4 is 5.91 Å². The molecule has 1 unspecified atom stereocenters. The highest BCUT2D eigenvalue weighted by Crippen LogP contribution is 2.25. The number of ether oxygens (including phenoxy) is 2. The molecule has 1 aliphatic heterocycles. The van der Waals surface area contributed by atoms with Gasteiger partial charge in [-0.05, 0) is 25.1 Å². The van der Waals surface area contributed by atoms with Crippen molar-refractivity contribution in [3.05, 3.63) is 58.1 Å². The van der Waals surface area contributed by atoms with Crippen LogP contribution in [0.3, 0.4) is 0 Å². The Balaban J connectivity index is 1.65. The van der Waals surface area contributed by atoms with Crippen LogP contribution in [0.5, 0.6) is 11.5 Å². The van der Waals surface area contributed by atoms with Crippen molar-refractivity contribution < 1.29 is 31.9 Å². The van der Waals surface area contributed by atoms with Crippen LogP contribution >= 0.6 is 0 Å². The molecular weight excluding hydrogens is 367 g/mol. The molecule has 27 heavy (non-hydrogen) atoms. The van der Waals surface area contributed by atoms with Gasteiger partial charge >= 0.3 is 12.0 Å². The average Bonchev–Trinajstić information content (AvgIpc) is 3.00. The molecular formula is C18H16F3NO5. The van der Waals surface area contributed by atoms with E-state index in [2.05, 4.69) is 4.74 Å². The number of hydrogen-bond donors (Lipinski definition) is 0. The minimum atomic E-state index is -4.82. The number of rotatable bonds is 4. The number of benzene rings is 1. The van der Waals surface area contributed by atoms with E-state index in [1.165, 1.54) is 23.1 Å². The molecule has 0 radical (unpaired) electrons. The Morgan fingerprint density at radius 2 is 2.00 bits per heavy atom. The number of nitrogens with zero attached hydrogens (tertiary/aromatic N) is 1. The summed E-state index contributed by atoms with van der Waals surface area (Å²) in [5.41, 5.74) is -0.439. The molecule has 1 aliphatic rings. The first-order valence-electron chi connectivity index (χ1n) is 8.13. The summed E-state index contributed by atoms with van der Waals surface area (Å²) in [7, 11) is 0. The highest BCUT2D eigenvalue weighted by molar-refractivity contribution is 5.94. The van der Waals surface area contributed by atoms with Crippen molar-refractivity contribution in [2.24, 2.45) is 0 Å². The first-order valence-corrected chi connectivity index (χ1v) is 8.13. The molecule has 3 rings (SSSR count). The van der Waals surface area contributed by atoms with Gasteiger partial charge in [0, 0.05) is 24.6 Å². The molecule has 0 aliphatic carbocycles. The number of carbonyl (C=O) groups excluding carboxylic acids is 1. The molecule has 1 amide bonds. The van der Waals surface area contributed by atoms with Crippen LogP contribution in [-0.2, 0) is 0 Å². The Morgan fingerprint density at radius 1 is 1.22 bits per heavy atom. The van der Waals surface area contributed by atoms with E-state index in [0.717, 1.165) is 12.1 Å². The maximum absolute atomic E-state index is 12.5. The van der Waals surface area contributed by atoms with Crippen LogP contribution in [-0.4, -0.2) is 36.4 Å². The van der Waals surface area contributed by atoms with Crippen LogP contribution in [0.2, 0.25) is 0 Å². The second kappa shape index (κ2) is 7.34. The largest absolute Gasteiger partial charge is 0.573 e. The Kier molecular flexibility index (Phi) is 5.11. The number of carbonyl (C=O) groups is 1. The Bertz CT molecular complexity index is 893. The van der Waals surface area contributed by atoms with Crippen LogP contribution in [0.4, 0.5) is 13.2 Å². The van der Waals surface area contributed by atoms with Crippen molar-refractivity contribution in [2.75, 3.05) is 13.1 Å². The van der Waals surface area contributed by atoms with E-state index < -0.39 is 23.6 Å². The number of hydrogen-bond acceptors (Lipinski definition) is 5. The molecule has 0 N–H and O–H groups in total. The minimum Gasteiger partial charge on any atom is -0.488 e. The molecule has 1 atom stereocenters. The number of alkyl halides is 3. The summed E-state index contributed by atoms with van der Waals surface area (Å²) in [6.45, 7) is 2.26. The first kappa shape index (κ1) is 18.8. The van der Waals surface area contributed by atoms with Gasteiger partial charge in [-0.1, -0.05) is 6.07 Å². The highest BCUT2D eigenvalue weighted by Gasteiger charge is 2.32.